The van der Waals surface area contributed by atoms with E-state index in [4.69, 9.17) is 5.10 Å². The van der Waals surface area contributed by atoms with E-state index >= 15 is 0 Å². The third-order valence-electron chi connectivity index (χ3n) is 4.97. The summed E-state index contributed by atoms with van der Waals surface area (Å²) >= 11 is 3.78. The van der Waals surface area contributed by atoms with E-state index < -0.39 is 0 Å². The van der Waals surface area contributed by atoms with Crippen LogP contribution in [0.3, 0.4) is 0 Å². The lowest BCUT2D eigenvalue weighted by atomic mass is 10.1. The highest BCUT2D eigenvalue weighted by Crippen LogP contribution is 2.35. The molecule has 1 aliphatic carbocycles. The van der Waals surface area contributed by atoms with E-state index in [1.165, 1.54) is 35.2 Å². The molecule has 0 amide bonds. The molecule has 21 heavy (non-hydrogen) atoms. The van der Waals surface area contributed by atoms with Crippen LogP contribution in [-0.4, -0.2) is 39.9 Å². The molecule has 1 saturated heterocycles. The smallest absolute Gasteiger partial charge is 0.0767 e. The van der Waals surface area contributed by atoms with Crippen molar-refractivity contribution >= 4 is 15.9 Å². The molecule has 1 aliphatic heterocycles. The molecule has 5 heteroatoms. The van der Waals surface area contributed by atoms with Crippen molar-refractivity contribution in [2.75, 3.05) is 13.1 Å². The molecule has 1 N–H and O–H groups in total. The Bertz CT molecular complexity index is 495. The van der Waals surface area contributed by atoms with Crippen molar-refractivity contribution in [1.82, 2.24) is 20.0 Å². The fourth-order valence-corrected chi connectivity index (χ4v) is 4.03. The third kappa shape index (κ3) is 3.20. The van der Waals surface area contributed by atoms with Crippen LogP contribution in [0, 0.1) is 5.92 Å². The zero-order valence-electron chi connectivity index (χ0n) is 13.4. The molecule has 3 rings (SSSR count). The maximum Gasteiger partial charge on any atom is 0.0767 e. The minimum atomic E-state index is 0.595. The standard InChI is InChI=1S/C16H27BrN4/c1-4-13-16(17)15(21(5-2)19-13)10-20-9-14(12-6-7-12)18-8-11(20)3/h11-12,14,18H,4-10H2,1-3H3. The Morgan fingerprint density at radius 3 is 2.71 bits per heavy atom. The molecule has 0 aromatic carbocycles. The first-order valence-corrected chi connectivity index (χ1v) is 9.14. The Hall–Kier alpha value is -0.390. The Labute approximate surface area is 136 Å². The van der Waals surface area contributed by atoms with Crippen molar-refractivity contribution < 1.29 is 0 Å². The first kappa shape index (κ1) is 15.5. The predicted molar refractivity (Wildman–Crippen MR) is 89.4 cm³/mol. The summed E-state index contributed by atoms with van der Waals surface area (Å²) < 4.78 is 3.39. The van der Waals surface area contributed by atoms with Crippen LogP contribution in [0.15, 0.2) is 4.47 Å². The summed E-state index contributed by atoms with van der Waals surface area (Å²) in [5, 5.41) is 8.46. The first-order chi connectivity index (χ1) is 10.1. The Kier molecular flexibility index (Phi) is 4.71. The van der Waals surface area contributed by atoms with E-state index in [0.29, 0.717) is 12.1 Å². The maximum absolute atomic E-state index is 4.73. The van der Waals surface area contributed by atoms with Crippen LogP contribution in [0.5, 0.6) is 0 Å². The average molecular weight is 355 g/mol. The van der Waals surface area contributed by atoms with Crippen LogP contribution in [0.4, 0.5) is 0 Å². The highest BCUT2D eigenvalue weighted by atomic mass is 79.9. The monoisotopic (exact) mass is 354 g/mol. The Balaban J connectivity index is 1.76. The molecular weight excluding hydrogens is 328 g/mol. The molecular formula is C16H27BrN4. The molecule has 2 unspecified atom stereocenters. The summed E-state index contributed by atoms with van der Waals surface area (Å²) in [7, 11) is 0. The van der Waals surface area contributed by atoms with Gasteiger partial charge >= 0.3 is 0 Å². The summed E-state index contributed by atoms with van der Waals surface area (Å²) in [5.74, 6) is 0.922. The number of halogens is 1. The highest BCUT2D eigenvalue weighted by Gasteiger charge is 2.36. The lowest BCUT2D eigenvalue weighted by Gasteiger charge is -2.39. The van der Waals surface area contributed by atoms with Gasteiger partial charge in [-0.25, -0.2) is 0 Å². The maximum atomic E-state index is 4.73. The average Bonchev–Trinajstić information content (AvgIpc) is 3.28. The summed E-state index contributed by atoms with van der Waals surface area (Å²) in [5.41, 5.74) is 2.53. The van der Waals surface area contributed by atoms with E-state index in [0.717, 1.165) is 32.0 Å². The molecule has 1 aromatic heterocycles. The molecule has 4 nitrogen and oxygen atoms in total. The highest BCUT2D eigenvalue weighted by molar-refractivity contribution is 9.10. The summed E-state index contributed by atoms with van der Waals surface area (Å²) in [6.07, 6.45) is 3.81. The van der Waals surface area contributed by atoms with Gasteiger partial charge in [0.15, 0.2) is 0 Å². The molecule has 2 fully saturated rings. The topological polar surface area (TPSA) is 33.1 Å². The number of aryl methyl sites for hydroxylation is 2. The predicted octanol–water partition coefficient (Wildman–Crippen LogP) is 2.80. The van der Waals surface area contributed by atoms with Crippen molar-refractivity contribution in [3.63, 3.8) is 0 Å². The molecule has 2 aliphatic rings. The molecule has 118 valence electrons. The van der Waals surface area contributed by atoms with E-state index in [-0.39, 0.29) is 0 Å². The van der Waals surface area contributed by atoms with Crippen LogP contribution in [0.2, 0.25) is 0 Å². The Morgan fingerprint density at radius 1 is 1.33 bits per heavy atom. The molecule has 1 saturated carbocycles. The molecule has 0 radical (unpaired) electrons. The van der Waals surface area contributed by atoms with Gasteiger partial charge in [-0.1, -0.05) is 6.92 Å². The number of nitrogens with zero attached hydrogens (tertiary/aromatic N) is 3. The van der Waals surface area contributed by atoms with Gasteiger partial charge in [-0.15, -0.1) is 0 Å². The zero-order valence-corrected chi connectivity index (χ0v) is 15.0. The summed E-state index contributed by atoms with van der Waals surface area (Å²) in [4.78, 5) is 2.63. The zero-order chi connectivity index (χ0) is 15.0. The van der Waals surface area contributed by atoms with Crippen LogP contribution in [0.25, 0.3) is 0 Å². The van der Waals surface area contributed by atoms with E-state index in [1.807, 2.05) is 0 Å². The van der Waals surface area contributed by atoms with Gasteiger partial charge < -0.3 is 5.32 Å². The molecule has 2 heterocycles. The van der Waals surface area contributed by atoms with Gasteiger partial charge in [0.2, 0.25) is 0 Å². The second kappa shape index (κ2) is 6.39. The van der Waals surface area contributed by atoms with Crippen LogP contribution in [-0.2, 0) is 19.5 Å². The summed E-state index contributed by atoms with van der Waals surface area (Å²) in [6.45, 7) is 10.9. The molecule has 0 spiro atoms. The van der Waals surface area contributed by atoms with Gasteiger partial charge in [-0.3, -0.25) is 9.58 Å². The van der Waals surface area contributed by atoms with Gasteiger partial charge in [0.05, 0.1) is 15.9 Å². The molecule has 1 aromatic rings. The van der Waals surface area contributed by atoms with Crippen molar-refractivity contribution in [3.8, 4) is 0 Å². The van der Waals surface area contributed by atoms with Crippen molar-refractivity contribution in [3.05, 3.63) is 15.9 Å². The number of nitrogens with one attached hydrogen (secondary N) is 1. The third-order valence-corrected chi connectivity index (χ3v) is 5.88. The van der Waals surface area contributed by atoms with Crippen LogP contribution >= 0.6 is 15.9 Å². The lowest BCUT2D eigenvalue weighted by molar-refractivity contribution is 0.122. The van der Waals surface area contributed by atoms with Gasteiger partial charge in [0.1, 0.15) is 0 Å². The minimum Gasteiger partial charge on any atom is -0.311 e. The number of rotatable bonds is 5. The van der Waals surface area contributed by atoms with Crippen LogP contribution in [0.1, 0.15) is 45.0 Å². The van der Waals surface area contributed by atoms with Crippen molar-refractivity contribution in [1.29, 1.82) is 0 Å². The lowest BCUT2D eigenvalue weighted by Crippen LogP contribution is -2.55. The quantitative estimate of drug-likeness (QED) is 0.882. The largest absolute Gasteiger partial charge is 0.311 e. The van der Waals surface area contributed by atoms with Gasteiger partial charge in [-0.05, 0) is 55.0 Å². The fourth-order valence-electron chi connectivity index (χ4n) is 3.34. The minimum absolute atomic E-state index is 0.595. The summed E-state index contributed by atoms with van der Waals surface area (Å²) in [6, 6.07) is 1.29. The van der Waals surface area contributed by atoms with Crippen LogP contribution < -0.4 is 5.32 Å². The second-order valence-electron chi connectivity index (χ2n) is 6.51. The van der Waals surface area contributed by atoms with E-state index in [1.54, 1.807) is 0 Å². The van der Waals surface area contributed by atoms with E-state index in [2.05, 4.69) is 51.6 Å². The number of piperazine rings is 1. The van der Waals surface area contributed by atoms with Gasteiger partial charge in [0, 0.05) is 38.3 Å². The Morgan fingerprint density at radius 2 is 2.10 bits per heavy atom. The fraction of sp³-hybridized carbons (Fsp3) is 0.812. The number of hydrogen-bond donors (Lipinski definition) is 1. The van der Waals surface area contributed by atoms with E-state index in [9.17, 15) is 0 Å². The molecule has 2 atom stereocenters. The second-order valence-corrected chi connectivity index (χ2v) is 7.30. The number of hydrogen-bond acceptors (Lipinski definition) is 3. The van der Waals surface area contributed by atoms with Gasteiger partial charge in [0.25, 0.3) is 0 Å². The normalized spacial score (nSPS) is 27.2. The number of aromatic nitrogens is 2. The SMILES string of the molecule is CCc1nn(CC)c(CN2CC(C3CC3)NCC2C)c1Br. The first-order valence-electron chi connectivity index (χ1n) is 8.35. The van der Waals surface area contributed by atoms with Crippen molar-refractivity contribution in [2.45, 2.75) is 65.2 Å². The van der Waals surface area contributed by atoms with Gasteiger partial charge in [-0.2, -0.15) is 5.10 Å². The molecule has 0 bridgehead atoms. The van der Waals surface area contributed by atoms with Crippen molar-refractivity contribution in [2.24, 2.45) is 5.92 Å².